The van der Waals surface area contributed by atoms with Gasteiger partial charge in [0.1, 0.15) is 4.87 Å². The number of benzene rings is 3. The van der Waals surface area contributed by atoms with Crippen LogP contribution in [-0.2, 0) is 4.87 Å². The number of hydrogen-bond acceptors (Lipinski definition) is 6. The van der Waals surface area contributed by atoms with Crippen molar-refractivity contribution in [3.63, 3.8) is 0 Å². The molecule has 0 unspecified atom stereocenters. The molecule has 0 radical (unpaired) electrons. The van der Waals surface area contributed by atoms with Crippen LogP contribution in [0.25, 0.3) is 0 Å². The quantitative estimate of drug-likeness (QED) is 0.243. The molecule has 0 fully saturated rings. The van der Waals surface area contributed by atoms with E-state index in [2.05, 4.69) is 0 Å². The Morgan fingerprint density at radius 2 is 0.724 bits per heavy atom. The molecule has 29 heavy (non-hydrogen) atoms. The minimum Gasteiger partial charge on any atom is -0.258 e. The second-order valence-corrected chi connectivity index (χ2v) is 6.64. The zero-order chi connectivity index (χ0) is 21.2. The molecule has 3 aromatic rings. The van der Waals surface area contributed by atoms with Gasteiger partial charge >= 0.3 is 0 Å². The Hall–Kier alpha value is -3.85. The smallest absolute Gasteiger partial charge is 0.258 e. The number of alkyl halides is 1. The lowest BCUT2D eigenvalue weighted by Crippen LogP contribution is -2.22. The third kappa shape index (κ3) is 3.76. The van der Waals surface area contributed by atoms with Gasteiger partial charge in [-0.3, -0.25) is 30.3 Å². The van der Waals surface area contributed by atoms with Crippen LogP contribution in [-0.4, -0.2) is 14.8 Å². The molecule has 146 valence electrons. The molecule has 0 saturated heterocycles. The molecule has 0 N–H and O–H groups in total. The first-order chi connectivity index (χ1) is 13.7. The molecule has 0 aromatic heterocycles. The highest BCUT2D eigenvalue weighted by molar-refractivity contribution is 6.28. The predicted molar refractivity (Wildman–Crippen MR) is 105 cm³/mol. The molecule has 0 bridgehead atoms. The molecule has 0 atom stereocenters. The van der Waals surface area contributed by atoms with Crippen molar-refractivity contribution >= 4 is 28.7 Å². The first-order valence-corrected chi connectivity index (χ1v) is 8.55. The first kappa shape index (κ1) is 19.9. The van der Waals surface area contributed by atoms with Crippen molar-refractivity contribution in [2.24, 2.45) is 0 Å². The predicted octanol–water partition coefficient (Wildman–Crippen LogP) is 4.94. The highest BCUT2D eigenvalue weighted by atomic mass is 35.5. The number of nitrogens with zero attached hydrogens (tertiary/aromatic N) is 3. The monoisotopic (exact) mass is 413 g/mol. The number of halogens is 1. The van der Waals surface area contributed by atoms with E-state index in [4.69, 9.17) is 11.6 Å². The summed E-state index contributed by atoms with van der Waals surface area (Å²) >= 11 is 7.00. The molecule has 0 aliphatic heterocycles. The van der Waals surface area contributed by atoms with Gasteiger partial charge in [0, 0.05) is 36.4 Å². The van der Waals surface area contributed by atoms with Gasteiger partial charge in [-0.2, -0.15) is 0 Å². The number of nitro benzene ring substituents is 3. The summed E-state index contributed by atoms with van der Waals surface area (Å²) in [4.78, 5) is 29.8. The fourth-order valence-electron chi connectivity index (χ4n) is 2.94. The van der Waals surface area contributed by atoms with E-state index in [1.165, 1.54) is 72.8 Å². The molecule has 0 amide bonds. The Kier molecular flexibility index (Phi) is 5.24. The second-order valence-electron chi connectivity index (χ2n) is 6.07. The van der Waals surface area contributed by atoms with Crippen molar-refractivity contribution in [3.05, 3.63) is 120 Å². The fraction of sp³-hybridized carbons (Fsp3) is 0.0526. The van der Waals surface area contributed by atoms with Crippen LogP contribution in [0.5, 0.6) is 0 Å². The summed E-state index contributed by atoms with van der Waals surface area (Å²) in [5.74, 6) is 0. The van der Waals surface area contributed by atoms with Gasteiger partial charge in [0.15, 0.2) is 0 Å². The van der Waals surface area contributed by atoms with E-state index in [1.54, 1.807) is 0 Å². The Morgan fingerprint density at radius 1 is 0.517 bits per heavy atom. The molecular weight excluding hydrogens is 402 g/mol. The van der Waals surface area contributed by atoms with Gasteiger partial charge in [-0.15, -0.1) is 11.6 Å². The lowest BCUT2D eigenvalue weighted by atomic mass is 9.84. The van der Waals surface area contributed by atoms with E-state index in [-0.39, 0.29) is 17.1 Å². The zero-order valence-corrected chi connectivity index (χ0v) is 15.4. The molecule has 0 aliphatic carbocycles. The minimum absolute atomic E-state index is 0.125. The van der Waals surface area contributed by atoms with Gasteiger partial charge in [-0.1, -0.05) is 0 Å². The Bertz CT molecular complexity index is 943. The van der Waals surface area contributed by atoms with Crippen molar-refractivity contribution in [1.82, 2.24) is 0 Å². The van der Waals surface area contributed by atoms with Gasteiger partial charge in [-0.05, 0) is 53.1 Å². The molecule has 3 aromatic carbocycles. The second kappa shape index (κ2) is 7.64. The minimum atomic E-state index is -1.38. The molecule has 0 spiro atoms. The van der Waals surface area contributed by atoms with Crippen LogP contribution >= 0.6 is 11.6 Å². The zero-order valence-electron chi connectivity index (χ0n) is 14.6. The summed E-state index contributed by atoms with van der Waals surface area (Å²) in [6.07, 6.45) is 0. The van der Waals surface area contributed by atoms with Crippen molar-refractivity contribution < 1.29 is 14.8 Å². The van der Waals surface area contributed by atoms with Crippen LogP contribution in [0.15, 0.2) is 72.8 Å². The lowest BCUT2D eigenvalue weighted by Gasteiger charge is -2.29. The molecule has 0 heterocycles. The molecule has 3 rings (SSSR count). The van der Waals surface area contributed by atoms with Crippen LogP contribution in [0, 0.1) is 30.3 Å². The number of nitro groups is 3. The number of non-ortho nitro benzene ring substituents is 3. The molecular formula is C19H12ClN3O6. The van der Waals surface area contributed by atoms with Crippen LogP contribution in [0.2, 0.25) is 0 Å². The average Bonchev–Trinajstić information content (AvgIpc) is 2.73. The van der Waals surface area contributed by atoms with E-state index in [0.717, 1.165) is 0 Å². The Morgan fingerprint density at radius 3 is 0.897 bits per heavy atom. The van der Waals surface area contributed by atoms with Gasteiger partial charge in [-0.25, -0.2) is 0 Å². The molecule has 10 heteroatoms. The van der Waals surface area contributed by atoms with E-state index < -0.39 is 19.6 Å². The molecule has 0 saturated carbocycles. The van der Waals surface area contributed by atoms with Crippen LogP contribution in [0.1, 0.15) is 16.7 Å². The Labute approximate surface area is 168 Å². The summed E-state index contributed by atoms with van der Waals surface area (Å²) in [5, 5.41) is 32.8. The third-order valence-corrected chi connectivity index (χ3v) is 5.08. The molecule has 0 aliphatic rings. The van der Waals surface area contributed by atoms with Crippen molar-refractivity contribution in [2.75, 3.05) is 0 Å². The van der Waals surface area contributed by atoms with Crippen molar-refractivity contribution in [3.8, 4) is 0 Å². The van der Waals surface area contributed by atoms with E-state index in [1.807, 2.05) is 0 Å². The van der Waals surface area contributed by atoms with Crippen molar-refractivity contribution in [2.45, 2.75) is 4.87 Å². The fourth-order valence-corrected chi connectivity index (χ4v) is 3.32. The van der Waals surface area contributed by atoms with Gasteiger partial charge in [0.05, 0.1) is 14.8 Å². The topological polar surface area (TPSA) is 129 Å². The van der Waals surface area contributed by atoms with E-state index in [9.17, 15) is 30.3 Å². The highest BCUT2D eigenvalue weighted by Crippen LogP contribution is 2.44. The Balaban J connectivity index is 2.18. The number of hydrogen-bond donors (Lipinski definition) is 0. The lowest BCUT2D eigenvalue weighted by molar-refractivity contribution is -0.385. The van der Waals surface area contributed by atoms with E-state index >= 15 is 0 Å². The maximum absolute atomic E-state index is 10.9. The van der Waals surface area contributed by atoms with E-state index in [0.29, 0.717) is 16.7 Å². The SMILES string of the molecule is O=[N+]([O-])c1ccc(C(Cl)(c2ccc([N+](=O)[O-])cc2)c2ccc([N+](=O)[O-])cc2)cc1. The van der Waals surface area contributed by atoms with Gasteiger partial charge in [0.25, 0.3) is 17.1 Å². The summed E-state index contributed by atoms with van der Waals surface area (Å²) < 4.78 is 0. The molecule has 9 nitrogen and oxygen atoms in total. The van der Waals surface area contributed by atoms with Crippen LogP contribution in [0.3, 0.4) is 0 Å². The maximum atomic E-state index is 10.9. The van der Waals surface area contributed by atoms with Gasteiger partial charge < -0.3 is 0 Å². The van der Waals surface area contributed by atoms with Crippen molar-refractivity contribution in [1.29, 1.82) is 0 Å². The highest BCUT2D eigenvalue weighted by Gasteiger charge is 2.35. The van der Waals surface area contributed by atoms with Crippen LogP contribution in [0.4, 0.5) is 17.1 Å². The summed E-state index contributed by atoms with van der Waals surface area (Å²) in [5.41, 5.74) is 1.02. The summed E-state index contributed by atoms with van der Waals surface area (Å²) in [6.45, 7) is 0. The summed E-state index contributed by atoms with van der Waals surface area (Å²) in [7, 11) is 0. The average molecular weight is 414 g/mol. The standard InChI is InChI=1S/C19H12ClN3O6/c20-19(13-1-7-16(8-2-13)21(24)25,14-3-9-17(10-4-14)22(26)27)15-5-11-18(12-6-15)23(28)29/h1-12H. The number of rotatable bonds is 6. The largest absolute Gasteiger partial charge is 0.269 e. The first-order valence-electron chi connectivity index (χ1n) is 8.17. The maximum Gasteiger partial charge on any atom is 0.269 e. The third-order valence-electron chi connectivity index (χ3n) is 4.43. The van der Waals surface area contributed by atoms with Crippen LogP contribution < -0.4 is 0 Å². The van der Waals surface area contributed by atoms with Gasteiger partial charge in [0.2, 0.25) is 0 Å². The normalized spacial score (nSPS) is 11.1. The summed E-state index contributed by atoms with van der Waals surface area (Å²) in [6, 6.07) is 16.7.